The molecular weight excluding hydrogens is 402 g/mol. The van der Waals surface area contributed by atoms with E-state index in [1.807, 2.05) is 16.3 Å². The Hall–Kier alpha value is -2.44. The fourth-order valence-electron chi connectivity index (χ4n) is 5.63. The summed E-state index contributed by atoms with van der Waals surface area (Å²) in [6.45, 7) is 6.73. The van der Waals surface area contributed by atoms with Crippen molar-refractivity contribution in [1.29, 1.82) is 0 Å². The molecule has 32 heavy (non-hydrogen) atoms. The van der Waals surface area contributed by atoms with Crippen molar-refractivity contribution in [3.05, 3.63) is 28.7 Å². The molecule has 4 heterocycles. The normalized spacial score (nSPS) is 21.9. The third-order valence-corrected chi connectivity index (χ3v) is 7.81. The number of aryl methyl sites for hydroxylation is 2. The van der Waals surface area contributed by atoms with Gasteiger partial charge in [-0.25, -0.2) is 9.50 Å². The van der Waals surface area contributed by atoms with Gasteiger partial charge >= 0.3 is 0 Å². The van der Waals surface area contributed by atoms with E-state index in [2.05, 4.69) is 17.9 Å². The molecule has 3 aliphatic rings. The molecule has 3 fully saturated rings. The number of carbonyl (C=O) groups excluding carboxylic acids is 2. The minimum absolute atomic E-state index is 0.0636. The van der Waals surface area contributed by atoms with Crippen LogP contribution in [0.15, 0.2) is 6.07 Å². The summed E-state index contributed by atoms with van der Waals surface area (Å²) < 4.78 is 1.92. The third kappa shape index (κ3) is 3.90. The molecule has 1 atom stereocenters. The van der Waals surface area contributed by atoms with Gasteiger partial charge in [-0.3, -0.25) is 9.59 Å². The van der Waals surface area contributed by atoms with E-state index in [0.717, 1.165) is 86.5 Å². The van der Waals surface area contributed by atoms with Gasteiger partial charge in [0.05, 0.1) is 11.7 Å². The minimum Gasteiger partial charge on any atom is -0.343 e. The molecule has 2 aliphatic heterocycles. The lowest BCUT2D eigenvalue weighted by Gasteiger charge is -2.32. The highest BCUT2D eigenvalue weighted by Gasteiger charge is 2.37. The summed E-state index contributed by atoms with van der Waals surface area (Å²) in [6.07, 6.45) is 9.94. The van der Waals surface area contributed by atoms with E-state index >= 15 is 0 Å². The number of carbonyl (C=O) groups is 2. The Morgan fingerprint density at radius 1 is 1.00 bits per heavy atom. The van der Waals surface area contributed by atoms with Gasteiger partial charge in [-0.2, -0.15) is 5.10 Å². The van der Waals surface area contributed by atoms with E-state index in [1.54, 1.807) is 0 Å². The van der Waals surface area contributed by atoms with Crippen LogP contribution < -0.4 is 0 Å². The molecule has 2 amide bonds. The molecular formula is C25H35N5O2. The summed E-state index contributed by atoms with van der Waals surface area (Å²) >= 11 is 0. The Morgan fingerprint density at radius 3 is 2.50 bits per heavy atom. The summed E-state index contributed by atoms with van der Waals surface area (Å²) in [5.41, 5.74) is 4.93. The number of hydrogen-bond donors (Lipinski definition) is 0. The number of likely N-dealkylation sites (tertiary alicyclic amines) is 2. The Balaban J connectivity index is 1.35. The van der Waals surface area contributed by atoms with E-state index < -0.39 is 0 Å². The highest BCUT2D eigenvalue weighted by atomic mass is 16.2. The number of aromatic nitrogens is 3. The number of rotatable bonds is 5. The Bertz CT molecular complexity index is 1020. The zero-order valence-corrected chi connectivity index (χ0v) is 19.5. The zero-order chi connectivity index (χ0) is 22.2. The van der Waals surface area contributed by atoms with Gasteiger partial charge in [0.2, 0.25) is 11.8 Å². The second kappa shape index (κ2) is 8.83. The van der Waals surface area contributed by atoms with Gasteiger partial charge in [-0.1, -0.05) is 6.42 Å². The largest absolute Gasteiger partial charge is 0.343 e. The molecule has 0 aromatic carbocycles. The molecule has 1 unspecified atom stereocenters. The molecule has 2 aromatic heterocycles. The van der Waals surface area contributed by atoms with Crippen molar-refractivity contribution in [3.63, 3.8) is 0 Å². The van der Waals surface area contributed by atoms with E-state index in [4.69, 9.17) is 10.1 Å². The van der Waals surface area contributed by atoms with Gasteiger partial charge < -0.3 is 9.80 Å². The van der Waals surface area contributed by atoms with Crippen molar-refractivity contribution >= 4 is 17.5 Å². The van der Waals surface area contributed by atoms with E-state index in [-0.39, 0.29) is 17.9 Å². The summed E-state index contributed by atoms with van der Waals surface area (Å²) in [6, 6.07) is 2.12. The Labute approximate surface area is 190 Å². The monoisotopic (exact) mass is 437 g/mol. The number of piperidine rings is 1. The van der Waals surface area contributed by atoms with Crippen LogP contribution in [-0.4, -0.2) is 55.8 Å². The third-order valence-electron chi connectivity index (χ3n) is 7.81. The quantitative estimate of drug-likeness (QED) is 0.714. The van der Waals surface area contributed by atoms with Crippen LogP contribution in [0.4, 0.5) is 0 Å². The maximum absolute atomic E-state index is 12.9. The molecule has 0 radical (unpaired) electrons. The van der Waals surface area contributed by atoms with Crippen LogP contribution in [-0.2, 0) is 16.0 Å². The second-order valence-electron chi connectivity index (χ2n) is 9.86. The number of hydrogen-bond acceptors (Lipinski definition) is 4. The highest BCUT2D eigenvalue weighted by molar-refractivity contribution is 5.80. The van der Waals surface area contributed by atoms with Crippen LogP contribution >= 0.6 is 0 Å². The average Bonchev–Trinajstić information content (AvgIpc) is 3.39. The van der Waals surface area contributed by atoms with Crippen molar-refractivity contribution in [2.45, 2.75) is 84.1 Å². The predicted octanol–water partition coefficient (Wildman–Crippen LogP) is 3.75. The fraction of sp³-hybridized carbons (Fsp3) is 0.680. The molecule has 0 spiro atoms. The molecule has 1 saturated carbocycles. The lowest BCUT2D eigenvalue weighted by Crippen LogP contribution is -2.38. The maximum Gasteiger partial charge on any atom is 0.226 e. The van der Waals surface area contributed by atoms with Crippen molar-refractivity contribution in [2.75, 3.05) is 19.6 Å². The van der Waals surface area contributed by atoms with Crippen molar-refractivity contribution in [1.82, 2.24) is 24.4 Å². The molecule has 172 valence electrons. The van der Waals surface area contributed by atoms with E-state index in [9.17, 15) is 9.59 Å². The lowest BCUT2D eigenvalue weighted by molar-refractivity contribution is -0.139. The van der Waals surface area contributed by atoms with Gasteiger partial charge in [0.15, 0.2) is 5.65 Å². The smallest absolute Gasteiger partial charge is 0.226 e. The average molecular weight is 438 g/mol. The lowest BCUT2D eigenvalue weighted by atomic mass is 9.84. The van der Waals surface area contributed by atoms with Gasteiger partial charge in [-0.05, 0) is 70.8 Å². The first-order chi connectivity index (χ1) is 15.5. The van der Waals surface area contributed by atoms with E-state index in [0.29, 0.717) is 18.7 Å². The van der Waals surface area contributed by atoms with Gasteiger partial charge in [0.25, 0.3) is 0 Å². The molecule has 7 heteroatoms. The van der Waals surface area contributed by atoms with Crippen LogP contribution in [0.3, 0.4) is 0 Å². The molecule has 1 aliphatic carbocycles. The van der Waals surface area contributed by atoms with Crippen LogP contribution in [0, 0.1) is 19.8 Å². The van der Waals surface area contributed by atoms with E-state index in [1.165, 1.54) is 12.8 Å². The Kier molecular flexibility index (Phi) is 5.91. The second-order valence-corrected chi connectivity index (χ2v) is 9.86. The predicted molar refractivity (Wildman–Crippen MR) is 122 cm³/mol. The molecule has 5 rings (SSSR count). The molecule has 2 aromatic rings. The van der Waals surface area contributed by atoms with Gasteiger partial charge in [0, 0.05) is 49.4 Å². The highest BCUT2D eigenvalue weighted by Crippen LogP contribution is 2.37. The number of fused-ring (bicyclic) bond motifs is 1. The fourth-order valence-corrected chi connectivity index (χ4v) is 5.63. The molecule has 0 N–H and O–H groups in total. The Morgan fingerprint density at radius 2 is 1.78 bits per heavy atom. The number of amides is 2. The van der Waals surface area contributed by atoms with Crippen molar-refractivity contribution in [2.24, 2.45) is 5.92 Å². The van der Waals surface area contributed by atoms with Crippen LogP contribution in [0.1, 0.15) is 86.5 Å². The molecule has 0 bridgehead atoms. The first kappa shape index (κ1) is 21.4. The summed E-state index contributed by atoms with van der Waals surface area (Å²) in [5, 5.41) is 4.91. The number of nitrogens with zero attached hydrogens (tertiary/aromatic N) is 5. The standard InChI is InChI=1S/C25H35N5O2/c1-17-20(11-12-24(31)28-13-4-3-5-14-28)18(2)30-23(26-17)16-21(27-30)22-10-7-15-29(22)25(32)19-8-6-9-19/h16,19,22H,3-15H2,1-2H3. The summed E-state index contributed by atoms with van der Waals surface area (Å²) in [7, 11) is 0. The minimum atomic E-state index is 0.0636. The van der Waals surface area contributed by atoms with Crippen LogP contribution in [0.5, 0.6) is 0 Å². The SMILES string of the molecule is Cc1nc2cc(C3CCCN3C(=O)C3CCC3)nn2c(C)c1CCC(=O)N1CCCCC1. The van der Waals surface area contributed by atoms with Crippen LogP contribution in [0.25, 0.3) is 5.65 Å². The molecule has 2 saturated heterocycles. The topological polar surface area (TPSA) is 70.8 Å². The maximum atomic E-state index is 12.9. The zero-order valence-electron chi connectivity index (χ0n) is 19.5. The van der Waals surface area contributed by atoms with Crippen molar-refractivity contribution < 1.29 is 9.59 Å². The van der Waals surface area contributed by atoms with Gasteiger partial charge in [0.1, 0.15) is 0 Å². The van der Waals surface area contributed by atoms with Crippen LogP contribution in [0.2, 0.25) is 0 Å². The van der Waals surface area contributed by atoms with Gasteiger partial charge in [-0.15, -0.1) is 0 Å². The summed E-state index contributed by atoms with van der Waals surface area (Å²) in [5.74, 6) is 0.785. The molecule has 7 nitrogen and oxygen atoms in total. The summed E-state index contributed by atoms with van der Waals surface area (Å²) in [4.78, 5) is 34.5. The first-order valence-electron chi connectivity index (χ1n) is 12.5. The first-order valence-corrected chi connectivity index (χ1v) is 12.5. The van der Waals surface area contributed by atoms with Crippen molar-refractivity contribution in [3.8, 4) is 0 Å².